The Morgan fingerprint density at radius 2 is 1.76 bits per heavy atom. The van der Waals surface area contributed by atoms with Crippen molar-refractivity contribution in [1.82, 2.24) is 4.90 Å². The molecule has 0 aromatic heterocycles. The zero-order valence-corrected chi connectivity index (χ0v) is 13.4. The van der Waals surface area contributed by atoms with Crippen molar-refractivity contribution < 1.29 is 14.3 Å². The molecule has 0 radical (unpaired) electrons. The van der Waals surface area contributed by atoms with Gasteiger partial charge in [-0.15, -0.1) is 12.4 Å². The van der Waals surface area contributed by atoms with E-state index >= 15 is 0 Å². The number of benzene rings is 1. The number of nitrogens with two attached hydrogens (primary N) is 1. The summed E-state index contributed by atoms with van der Waals surface area (Å²) in [7, 11) is 0. The predicted octanol–water partition coefficient (Wildman–Crippen LogP) is 1.75. The van der Waals surface area contributed by atoms with Gasteiger partial charge < -0.3 is 20.1 Å². The molecule has 5 nitrogen and oxygen atoms in total. The van der Waals surface area contributed by atoms with E-state index in [2.05, 4.69) is 0 Å². The fourth-order valence-corrected chi connectivity index (χ4v) is 2.44. The lowest BCUT2D eigenvalue weighted by Gasteiger charge is -2.29. The molecular formula is C15H23ClN2O3. The minimum Gasteiger partial charge on any atom is -0.490 e. The van der Waals surface area contributed by atoms with Crippen LogP contribution in [-0.4, -0.2) is 37.1 Å². The zero-order valence-electron chi connectivity index (χ0n) is 12.6. The molecule has 0 bridgehead atoms. The van der Waals surface area contributed by atoms with Gasteiger partial charge in [0.25, 0.3) is 0 Å². The van der Waals surface area contributed by atoms with Crippen LogP contribution < -0.4 is 15.2 Å². The highest BCUT2D eigenvalue weighted by atomic mass is 35.5. The maximum absolute atomic E-state index is 11.7. The molecule has 21 heavy (non-hydrogen) atoms. The number of ether oxygens (including phenoxy) is 2. The van der Waals surface area contributed by atoms with Crippen LogP contribution in [0.2, 0.25) is 0 Å². The molecule has 1 aliphatic rings. The first kappa shape index (κ1) is 17.6. The van der Waals surface area contributed by atoms with Gasteiger partial charge in [0.2, 0.25) is 5.91 Å². The molecule has 1 aliphatic heterocycles. The van der Waals surface area contributed by atoms with Gasteiger partial charge in [-0.1, -0.05) is 0 Å². The molecule has 1 aromatic carbocycles. The summed E-state index contributed by atoms with van der Waals surface area (Å²) in [5.41, 5.74) is 7.76. The molecule has 0 spiro atoms. The minimum absolute atomic E-state index is 0. The van der Waals surface area contributed by atoms with E-state index in [0.29, 0.717) is 26.3 Å². The highest BCUT2D eigenvalue weighted by molar-refractivity contribution is 5.85. The number of amides is 1. The number of hydrogen-bond acceptors (Lipinski definition) is 4. The molecule has 118 valence electrons. The zero-order chi connectivity index (χ0) is 14.5. The Morgan fingerprint density at radius 3 is 2.29 bits per heavy atom. The standard InChI is InChI=1S/C15H22N2O3.ClH/c1-3-19-13-7-11-5-6-17(15(18)9-16)10-12(11)8-14(13)20-4-2;/h7-8H,3-6,9-10,16H2,1-2H3;1H. The van der Waals surface area contributed by atoms with Crippen molar-refractivity contribution in [3.05, 3.63) is 23.3 Å². The molecular weight excluding hydrogens is 292 g/mol. The first-order chi connectivity index (χ1) is 9.69. The lowest BCUT2D eigenvalue weighted by atomic mass is 9.98. The molecule has 0 aliphatic carbocycles. The maximum atomic E-state index is 11.7. The number of carbonyl (C=O) groups excluding carboxylic acids is 1. The van der Waals surface area contributed by atoms with Crippen LogP contribution in [0.3, 0.4) is 0 Å². The van der Waals surface area contributed by atoms with Gasteiger partial charge in [0.15, 0.2) is 11.5 Å². The normalized spacial score (nSPS) is 13.2. The second kappa shape index (κ2) is 8.10. The highest BCUT2D eigenvalue weighted by Gasteiger charge is 2.22. The van der Waals surface area contributed by atoms with E-state index in [1.165, 1.54) is 5.56 Å². The van der Waals surface area contributed by atoms with Crippen LogP contribution >= 0.6 is 12.4 Å². The third kappa shape index (κ3) is 4.02. The van der Waals surface area contributed by atoms with Crippen molar-refractivity contribution in [2.45, 2.75) is 26.8 Å². The Kier molecular flexibility index (Phi) is 6.78. The van der Waals surface area contributed by atoms with Gasteiger partial charge in [-0.2, -0.15) is 0 Å². The van der Waals surface area contributed by atoms with Crippen LogP contribution in [0.5, 0.6) is 11.5 Å². The first-order valence-corrected chi connectivity index (χ1v) is 7.08. The van der Waals surface area contributed by atoms with Crippen molar-refractivity contribution in [3.63, 3.8) is 0 Å². The fraction of sp³-hybridized carbons (Fsp3) is 0.533. The van der Waals surface area contributed by atoms with Gasteiger partial charge in [0, 0.05) is 13.1 Å². The van der Waals surface area contributed by atoms with Crippen molar-refractivity contribution in [1.29, 1.82) is 0 Å². The maximum Gasteiger partial charge on any atom is 0.236 e. The van der Waals surface area contributed by atoms with Crippen LogP contribution in [0, 0.1) is 0 Å². The Morgan fingerprint density at radius 1 is 1.19 bits per heavy atom. The smallest absolute Gasteiger partial charge is 0.236 e. The van der Waals surface area contributed by atoms with Gasteiger partial charge in [0.05, 0.1) is 19.8 Å². The molecule has 6 heteroatoms. The predicted molar refractivity (Wildman–Crippen MR) is 84.2 cm³/mol. The van der Waals surface area contributed by atoms with E-state index in [9.17, 15) is 4.79 Å². The summed E-state index contributed by atoms with van der Waals surface area (Å²) in [5, 5.41) is 0. The lowest BCUT2D eigenvalue weighted by molar-refractivity contribution is -0.130. The molecule has 1 aromatic rings. The topological polar surface area (TPSA) is 64.8 Å². The number of fused-ring (bicyclic) bond motifs is 1. The number of hydrogen-bond donors (Lipinski definition) is 1. The molecule has 2 N–H and O–H groups in total. The molecule has 0 saturated heterocycles. The fourth-order valence-electron chi connectivity index (χ4n) is 2.44. The van der Waals surface area contributed by atoms with Crippen LogP contribution in [0.15, 0.2) is 12.1 Å². The second-order valence-corrected chi connectivity index (χ2v) is 4.70. The monoisotopic (exact) mass is 314 g/mol. The molecule has 1 amide bonds. The summed E-state index contributed by atoms with van der Waals surface area (Å²) < 4.78 is 11.3. The van der Waals surface area contributed by atoms with E-state index < -0.39 is 0 Å². The highest BCUT2D eigenvalue weighted by Crippen LogP contribution is 2.33. The third-order valence-corrected chi connectivity index (χ3v) is 3.41. The Bertz CT molecular complexity index is 494. The average molecular weight is 315 g/mol. The molecule has 0 fully saturated rings. The lowest BCUT2D eigenvalue weighted by Crippen LogP contribution is -2.39. The van der Waals surface area contributed by atoms with Gasteiger partial charge >= 0.3 is 0 Å². The third-order valence-electron chi connectivity index (χ3n) is 3.41. The minimum atomic E-state index is -0.0116. The van der Waals surface area contributed by atoms with E-state index in [1.54, 1.807) is 4.90 Å². The summed E-state index contributed by atoms with van der Waals surface area (Å²) in [6.45, 7) is 6.46. The summed E-state index contributed by atoms with van der Waals surface area (Å²) >= 11 is 0. The Hall–Kier alpha value is -1.46. The van der Waals surface area contributed by atoms with E-state index in [0.717, 1.165) is 23.5 Å². The average Bonchev–Trinajstić information content (AvgIpc) is 2.47. The van der Waals surface area contributed by atoms with Crippen molar-refractivity contribution in [2.24, 2.45) is 5.73 Å². The molecule has 2 rings (SSSR count). The summed E-state index contributed by atoms with van der Waals surface area (Å²) in [6.07, 6.45) is 0.827. The second-order valence-electron chi connectivity index (χ2n) is 4.70. The number of halogens is 1. The largest absolute Gasteiger partial charge is 0.490 e. The quantitative estimate of drug-likeness (QED) is 0.899. The SMILES string of the molecule is CCOc1cc2c(cc1OCC)CN(C(=O)CN)CC2.Cl. The van der Waals surface area contributed by atoms with Crippen LogP contribution in [0.25, 0.3) is 0 Å². The molecule has 0 unspecified atom stereocenters. The van der Waals surface area contributed by atoms with Crippen molar-refractivity contribution in [3.8, 4) is 11.5 Å². The molecule has 0 saturated carbocycles. The van der Waals surface area contributed by atoms with Gasteiger partial charge in [-0.3, -0.25) is 4.79 Å². The summed E-state index contributed by atoms with van der Waals surface area (Å²) in [5.74, 6) is 1.52. The van der Waals surface area contributed by atoms with Gasteiger partial charge in [-0.25, -0.2) is 0 Å². The molecule has 0 atom stereocenters. The summed E-state index contributed by atoms with van der Waals surface area (Å²) in [4.78, 5) is 13.5. The van der Waals surface area contributed by atoms with E-state index in [4.69, 9.17) is 15.2 Å². The Labute approximate surface area is 131 Å². The van der Waals surface area contributed by atoms with Crippen molar-refractivity contribution in [2.75, 3.05) is 26.3 Å². The first-order valence-electron chi connectivity index (χ1n) is 7.08. The number of nitrogens with zero attached hydrogens (tertiary/aromatic N) is 1. The van der Waals surface area contributed by atoms with Crippen LogP contribution in [0.4, 0.5) is 0 Å². The van der Waals surface area contributed by atoms with Gasteiger partial charge in [-0.05, 0) is 43.5 Å². The van der Waals surface area contributed by atoms with Gasteiger partial charge in [0.1, 0.15) is 0 Å². The summed E-state index contributed by atoms with van der Waals surface area (Å²) in [6, 6.07) is 4.02. The van der Waals surface area contributed by atoms with Crippen molar-refractivity contribution >= 4 is 18.3 Å². The van der Waals surface area contributed by atoms with E-state index in [1.807, 2.05) is 26.0 Å². The number of carbonyl (C=O) groups is 1. The van der Waals surface area contributed by atoms with Crippen LogP contribution in [-0.2, 0) is 17.8 Å². The van der Waals surface area contributed by atoms with E-state index in [-0.39, 0.29) is 24.9 Å². The number of rotatable bonds is 5. The van der Waals surface area contributed by atoms with Crippen LogP contribution in [0.1, 0.15) is 25.0 Å². The Balaban J connectivity index is 0.00000220. The molecule has 1 heterocycles.